The minimum atomic E-state index is -1.16. The molecule has 1 aromatic heterocycles. The Balaban J connectivity index is 1.96. The number of aryl methyl sites for hydroxylation is 1. The molecule has 0 aliphatic carbocycles. The molecular formula is C14H14FN3O3. The second-order valence-corrected chi connectivity index (χ2v) is 4.48. The van der Waals surface area contributed by atoms with Gasteiger partial charge >= 0.3 is 12.0 Å². The molecule has 0 aliphatic heterocycles. The molecule has 1 heterocycles. The van der Waals surface area contributed by atoms with Gasteiger partial charge in [-0.2, -0.15) is 0 Å². The van der Waals surface area contributed by atoms with Gasteiger partial charge in [0.25, 0.3) is 0 Å². The van der Waals surface area contributed by atoms with Crippen molar-refractivity contribution in [3.8, 4) is 0 Å². The Morgan fingerprint density at radius 3 is 2.57 bits per heavy atom. The molecule has 2 rings (SSSR count). The molecule has 0 fully saturated rings. The van der Waals surface area contributed by atoms with E-state index in [9.17, 15) is 14.0 Å². The van der Waals surface area contributed by atoms with Crippen LogP contribution in [0.1, 0.15) is 21.7 Å². The number of aromatic nitrogens is 1. The van der Waals surface area contributed by atoms with Crippen molar-refractivity contribution in [3.63, 3.8) is 0 Å². The zero-order chi connectivity index (χ0) is 15.4. The molecule has 0 atom stereocenters. The number of aromatic carboxylic acids is 1. The molecule has 0 saturated heterocycles. The van der Waals surface area contributed by atoms with E-state index in [0.29, 0.717) is 5.69 Å². The molecule has 0 saturated carbocycles. The van der Waals surface area contributed by atoms with Gasteiger partial charge in [-0.15, -0.1) is 0 Å². The van der Waals surface area contributed by atoms with Crippen molar-refractivity contribution in [2.45, 2.75) is 13.5 Å². The molecule has 2 amide bonds. The average Bonchev–Trinajstić information content (AvgIpc) is 2.79. The number of hydrogen-bond donors (Lipinski definition) is 4. The summed E-state index contributed by atoms with van der Waals surface area (Å²) in [6.45, 7) is 1.89. The molecule has 7 heteroatoms. The van der Waals surface area contributed by atoms with E-state index in [0.717, 1.165) is 5.56 Å². The largest absolute Gasteiger partial charge is 0.477 e. The van der Waals surface area contributed by atoms with Gasteiger partial charge in [0, 0.05) is 12.2 Å². The lowest BCUT2D eigenvalue weighted by Crippen LogP contribution is -2.28. The number of hydrogen-bond acceptors (Lipinski definition) is 2. The number of H-pyrrole nitrogens is 1. The average molecular weight is 291 g/mol. The van der Waals surface area contributed by atoms with E-state index in [2.05, 4.69) is 15.6 Å². The summed E-state index contributed by atoms with van der Waals surface area (Å²) < 4.78 is 12.7. The van der Waals surface area contributed by atoms with E-state index in [1.165, 1.54) is 18.2 Å². The third kappa shape index (κ3) is 3.82. The van der Waals surface area contributed by atoms with Gasteiger partial charge in [0.2, 0.25) is 0 Å². The van der Waals surface area contributed by atoms with Crippen LogP contribution < -0.4 is 10.6 Å². The summed E-state index contributed by atoms with van der Waals surface area (Å²) in [5.74, 6) is -1.51. The number of carboxylic acids is 1. The van der Waals surface area contributed by atoms with Gasteiger partial charge < -0.3 is 20.7 Å². The molecule has 0 spiro atoms. The second kappa shape index (κ2) is 6.08. The molecule has 21 heavy (non-hydrogen) atoms. The third-order valence-corrected chi connectivity index (χ3v) is 2.78. The minimum absolute atomic E-state index is 0.0792. The molecule has 2 aromatic rings. The van der Waals surface area contributed by atoms with Crippen LogP contribution in [0.3, 0.4) is 0 Å². The minimum Gasteiger partial charge on any atom is -0.477 e. The number of urea groups is 1. The summed E-state index contributed by atoms with van der Waals surface area (Å²) in [4.78, 5) is 25.4. The Morgan fingerprint density at radius 2 is 1.95 bits per heavy atom. The Morgan fingerprint density at radius 1 is 1.29 bits per heavy atom. The summed E-state index contributed by atoms with van der Waals surface area (Å²) in [6, 6.07) is 6.69. The van der Waals surface area contributed by atoms with Crippen molar-refractivity contribution >= 4 is 17.7 Å². The van der Waals surface area contributed by atoms with E-state index in [1.807, 2.05) is 0 Å². The van der Waals surface area contributed by atoms with Crippen LogP contribution in [0.2, 0.25) is 0 Å². The van der Waals surface area contributed by atoms with Crippen molar-refractivity contribution in [2.75, 3.05) is 5.32 Å². The lowest BCUT2D eigenvalue weighted by atomic mass is 10.2. The van der Waals surface area contributed by atoms with Crippen LogP contribution in [-0.4, -0.2) is 22.1 Å². The van der Waals surface area contributed by atoms with E-state index < -0.39 is 12.0 Å². The predicted octanol–water partition coefficient (Wildman–Crippen LogP) is 2.48. The van der Waals surface area contributed by atoms with Crippen LogP contribution in [0.4, 0.5) is 14.9 Å². The third-order valence-electron chi connectivity index (χ3n) is 2.78. The number of benzene rings is 1. The van der Waals surface area contributed by atoms with Crippen molar-refractivity contribution in [1.82, 2.24) is 10.3 Å². The Bertz CT molecular complexity index is 665. The monoisotopic (exact) mass is 291 g/mol. The normalized spacial score (nSPS) is 10.2. The SMILES string of the molecule is Cc1cc(NC(=O)NCc2ccc(F)cc2)c(C(=O)O)[nH]1. The van der Waals surface area contributed by atoms with Gasteiger partial charge in [-0.25, -0.2) is 14.0 Å². The van der Waals surface area contributed by atoms with Crippen molar-refractivity contribution in [3.05, 3.63) is 53.1 Å². The summed E-state index contributed by atoms with van der Waals surface area (Å²) in [5.41, 5.74) is 1.47. The fourth-order valence-corrected chi connectivity index (χ4v) is 1.81. The van der Waals surface area contributed by atoms with Gasteiger partial charge in [-0.05, 0) is 30.7 Å². The van der Waals surface area contributed by atoms with Gasteiger partial charge in [-0.3, -0.25) is 0 Å². The molecular weight excluding hydrogens is 277 g/mol. The number of aromatic amines is 1. The standard InChI is InChI=1S/C14H14FN3O3/c1-8-6-11(12(17-8)13(19)20)18-14(21)16-7-9-2-4-10(15)5-3-9/h2-6,17H,7H2,1H3,(H,19,20)(H2,16,18,21). The van der Waals surface area contributed by atoms with Gasteiger partial charge in [0.15, 0.2) is 0 Å². The Kier molecular flexibility index (Phi) is 4.22. The molecule has 0 bridgehead atoms. The second-order valence-electron chi connectivity index (χ2n) is 4.48. The van der Waals surface area contributed by atoms with Crippen LogP contribution in [0, 0.1) is 12.7 Å². The van der Waals surface area contributed by atoms with Crippen molar-refractivity contribution < 1.29 is 19.1 Å². The quantitative estimate of drug-likeness (QED) is 0.697. The number of amides is 2. The first-order valence-corrected chi connectivity index (χ1v) is 6.18. The van der Waals surface area contributed by atoms with Crippen LogP contribution in [0.25, 0.3) is 0 Å². The number of halogens is 1. The van der Waals surface area contributed by atoms with Crippen LogP contribution in [0.5, 0.6) is 0 Å². The van der Waals surface area contributed by atoms with E-state index in [4.69, 9.17) is 5.11 Å². The lowest BCUT2D eigenvalue weighted by molar-refractivity contribution is 0.0692. The van der Waals surface area contributed by atoms with Crippen LogP contribution in [0.15, 0.2) is 30.3 Å². The molecule has 1 aromatic carbocycles. The maximum Gasteiger partial charge on any atom is 0.354 e. The first kappa shape index (κ1) is 14.6. The number of carbonyl (C=O) groups is 2. The number of carboxylic acid groups (broad SMARTS) is 1. The van der Waals surface area contributed by atoms with Gasteiger partial charge in [0.05, 0.1) is 5.69 Å². The van der Waals surface area contributed by atoms with Gasteiger partial charge in [0.1, 0.15) is 11.5 Å². The molecule has 110 valence electrons. The zero-order valence-electron chi connectivity index (χ0n) is 11.2. The lowest BCUT2D eigenvalue weighted by Gasteiger charge is -2.07. The highest BCUT2D eigenvalue weighted by atomic mass is 19.1. The van der Waals surface area contributed by atoms with E-state index in [1.54, 1.807) is 19.1 Å². The highest BCUT2D eigenvalue weighted by Crippen LogP contribution is 2.16. The molecule has 6 nitrogen and oxygen atoms in total. The highest BCUT2D eigenvalue weighted by Gasteiger charge is 2.15. The smallest absolute Gasteiger partial charge is 0.354 e. The Labute approximate surface area is 120 Å². The fourth-order valence-electron chi connectivity index (χ4n) is 1.81. The van der Waals surface area contributed by atoms with Gasteiger partial charge in [-0.1, -0.05) is 12.1 Å². The zero-order valence-corrected chi connectivity index (χ0v) is 11.2. The van der Waals surface area contributed by atoms with Crippen molar-refractivity contribution in [1.29, 1.82) is 0 Å². The Hall–Kier alpha value is -2.83. The fraction of sp³-hybridized carbons (Fsp3) is 0.143. The maximum absolute atomic E-state index is 12.7. The molecule has 0 unspecified atom stereocenters. The molecule has 0 aliphatic rings. The van der Waals surface area contributed by atoms with E-state index >= 15 is 0 Å². The highest BCUT2D eigenvalue weighted by molar-refractivity contribution is 5.99. The van der Waals surface area contributed by atoms with E-state index in [-0.39, 0.29) is 23.7 Å². The topological polar surface area (TPSA) is 94.2 Å². The number of anilines is 1. The summed E-state index contributed by atoms with van der Waals surface area (Å²) in [5, 5.41) is 14.0. The summed E-state index contributed by atoms with van der Waals surface area (Å²) in [6.07, 6.45) is 0. The molecule has 4 N–H and O–H groups in total. The number of rotatable bonds is 4. The van der Waals surface area contributed by atoms with Crippen molar-refractivity contribution in [2.24, 2.45) is 0 Å². The summed E-state index contributed by atoms with van der Waals surface area (Å²) in [7, 11) is 0. The van der Waals surface area contributed by atoms with Crippen LogP contribution >= 0.6 is 0 Å². The maximum atomic E-state index is 12.7. The first-order valence-electron chi connectivity index (χ1n) is 6.18. The van der Waals surface area contributed by atoms with Crippen LogP contribution in [-0.2, 0) is 6.54 Å². The first-order chi connectivity index (χ1) is 9.95. The summed E-state index contributed by atoms with van der Waals surface area (Å²) >= 11 is 0. The predicted molar refractivity (Wildman–Crippen MR) is 74.7 cm³/mol. The molecule has 0 radical (unpaired) electrons. The number of nitrogens with one attached hydrogen (secondary N) is 3. The number of carbonyl (C=O) groups excluding carboxylic acids is 1.